The molecule has 5 heteroatoms. The lowest BCUT2D eigenvalue weighted by Gasteiger charge is -2.27. The number of amides is 1. The first kappa shape index (κ1) is 14.0. The molecule has 1 heterocycles. The molecular formula is C15H18N4O. The molecule has 0 aliphatic rings. The van der Waals surface area contributed by atoms with Gasteiger partial charge in [0.1, 0.15) is 0 Å². The highest BCUT2D eigenvalue weighted by atomic mass is 16.2. The minimum atomic E-state index is -0.0580. The molecular weight excluding hydrogens is 252 g/mol. The number of nitrogens with zero attached hydrogens (tertiary/aromatic N) is 3. The van der Waals surface area contributed by atoms with Crippen molar-refractivity contribution in [2.75, 3.05) is 5.73 Å². The van der Waals surface area contributed by atoms with Crippen molar-refractivity contribution in [3.05, 3.63) is 53.9 Å². The van der Waals surface area contributed by atoms with Crippen LogP contribution in [0.25, 0.3) is 0 Å². The van der Waals surface area contributed by atoms with Crippen LogP contribution in [0.1, 0.15) is 29.8 Å². The first-order chi connectivity index (χ1) is 9.58. The largest absolute Gasteiger partial charge is 0.399 e. The molecule has 0 saturated carbocycles. The summed E-state index contributed by atoms with van der Waals surface area (Å²) in [7, 11) is 0. The highest BCUT2D eigenvalue weighted by molar-refractivity contribution is 5.93. The molecule has 0 atom stereocenters. The van der Waals surface area contributed by atoms with Crippen LogP contribution in [0.4, 0.5) is 5.69 Å². The Morgan fingerprint density at radius 3 is 2.70 bits per heavy atom. The number of benzene rings is 1. The van der Waals surface area contributed by atoms with Crippen LogP contribution < -0.4 is 5.73 Å². The lowest BCUT2D eigenvalue weighted by Crippen LogP contribution is -2.36. The molecule has 1 aromatic heterocycles. The standard InChI is InChI=1S/C15H18N4O/c1-11(2)19(10-12-4-3-5-14(16)8-12)15(20)13-6-7-17-18-9-13/h3-9,11H,10,16H2,1-2H3. The van der Waals surface area contributed by atoms with Gasteiger partial charge in [-0.2, -0.15) is 10.2 Å². The Hall–Kier alpha value is -2.43. The molecule has 0 bridgehead atoms. The number of rotatable bonds is 4. The maximum Gasteiger partial charge on any atom is 0.256 e. The van der Waals surface area contributed by atoms with E-state index in [1.165, 1.54) is 12.4 Å². The van der Waals surface area contributed by atoms with E-state index in [2.05, 4.69) is 10.2 Å². The normalized spacial score (nSPS) is 10.6. The lowest BCUT2D eigenvalue weighted by molar-refractivity contribution is 0.0689. The smallest absolute Gasteiger partial charge is 0.256 e. The van der Waals surface area contributed by atoms with E-state index >= 15 is 0 Å². The van der Waals surface area contributed by atoms with Gasteiger partial charge in [-0.25, -0.2) is 0 Å². The summed E-state index contributed by atoms with van der Waals surface area (Å²) in [4.78, 5) is 14.3. The van der Waals surface area contributed by atoms with Crippen molar-refractivity contribution in [2.45, 2.75) is 26.4 Å². The molecule has 0 aliphatic carbocycles. The summed E-state index contributed by atoms with van der Waals surface area (Å²) in [5.41, 5.74) is 8.02. The molecule has 5 nitrogen and oxygen atoms in total. The van der Waals surface area contributed by atoms with E-state index in [0.717, 1.165) is 5.56 Å². The summed E-state index contributed by atoms with van der Waals surface area (Å²) < 4.78 is 0. The highest BCUT2D eigenvalue weighted by Crippen LogP contribution is 2.14. The van der Waals surface area contributed by atoms with Crippen molar-refractivity contribution in [3.63, 3.8) is 0 Å². The van der Waals surface area contributed by atoms with Crippen molar-refractivity contribution >= 4 is 11.6 Å². The minimum absolute atomic E-state index is 0.0580. The van der Waals surface area contributed by atoms with Crippen LogP contribution in [0.2, 0.25) is 0 Å². The van der Waals surface area contributed by atoms with Crippen molar-refractivity contribution in [2.24, 2.45) is 0 Å². The minimum Gasteiger partial charge on any atom is -0.399 e. The first-order valence-electron chi connectivity index (χ1n) is 6.50. The third-order valence-corrected chi connectivity index (χ3v) is 3.02. The second-order valence-electron chi connectivity index (χ2n) is 4.90. The van der Waals surface area contributed by atoms with E-state index < -0.39 is 0 Å². The Balaban J connectivity index is 2.22. The predicted octanol–water partition coefficient (Wildman–Crippen LogP) is 2.11. The fraction of sp³-hybridized carbons (Fsp3) is 0.267. The van der Waals surface area contributed by atoms with Crippen LogP contribution in [0, 0.1) is 0 Å². The highest BCUT2D eigenvalue weighted by Gasteiger charge is 2.19. The third-order valence-electron chi connectivity index (χ3n) is 3.02. The zero-order valence-corrected chi connectivity index (χ0v) is 11.7. The molecule has 0 aliphatic heterocycles. The summed E-state index contributed by atoms with van der Waals surface area (Å²) >= 11 is 0. The average Bonchev–Trinajstić information content (AvgIpc) is 2.45. The van der Waals surface area contributed by atoms with Gasteiger partial charge in [-0.15, -0.1) is 0 Å². The van der Waals surface area contributed by atoms with Gasteiger partial charge in [-0.1, -0.05) is 12.1 Å². The fourth-order valence-corrected chi connectivity index (χ4v) is 1.96. The Kier molecular flexibility index (Phi) is 4.30. The molecule has 0 spiro atoms. The molecule has 0 unspecified atom stereocenters. The van der Waals surface area contributed by atoms with E-state index in [0.29, 0.717) is 17.8 Å². The van der Waals surface area contributed by atoms with E-state index in [4.69, 9.17) is 5.73 Å². The van der Waals surface area contributed by atoms with E-state index in [-0.39, 0.29) is 11.9 Å². The Bertz CT molecular complexity index is 583. The topological polar surface area (TPSA) is 72.1 Å². The first-order valence-corrected chi connectivity index (χ1v) is 6.50. The number of carbonyl (C=O) groups excluding carboxylic acids is 1. The summed E-state index contributed by atoms with van der Waals surface area (Å²) in [6.45, 7) is 4.49. The molecule has 1 amide bonds. The number of anilines is 1. The van der Waals surface area contributed by atoms with Gasteiger partial charge in [-0.3, -0.25) is 4.79 Å². The number of hydrogen-bond donors (Lipinski definition) is 1. The molecule has 2 N–H and O–H groups in total. The summed E-state index contributed by atoms with van der Waals surface area (Å²) in [6, 6.07) is 9.32. The second-order valence-corrected chi connectivity index (χ2v) is 4.90. The molecule has 0 radical (unpaired) electrons. The van der Waals surface area contributed by atoms with Gasteiger partial charge < -0.3 is 10.6 Å². The van der Waals surface area contributed by atoms with Gasteiger partial charge in [0.15, 0.2) is 0 Å². The lowest BCUT2D eigenvalue weighted by atomic mass is 10.1. The van der Waals surface area contributed by atoms with Gasteiger partial charge >= 0.3 is 0 Å². The van der Waals surface area contributed by atoms with Crippen molar-refractivity contribution in [1.82, 2.24) is 15.1 Å². The van der Waals surface area contributed by atoms with Gasteiger partial charge in [0.25, 0.3) is 5.91 Å². The van der Waals surface area contributed by atoms with Crippen LogP contribution in [-0.2, 0) is 6.54 Å². The molecule has 0 saturated heterocycles. The number of nitrogens with two attached hydrogens (primary N) is 1. The average molecular weight is 270 g/mol. The Labute approximate surface area is 118 Å². The van der Waals surface area contributed by atoms with E-state index in [1.807, 2.05) is 38.1 Å². The summed E-state index contributed by atoms with van der Waals surface area (Å²) in [6.07, 6.45) is 3.00. The van der Waals surface area contributed by atoms with Crippen LogP contribution in [0.15, 0.2) is 42.7 Å². The van der Waals surface area contributed by atoms with Crippen LogP contribution >= 0.6 is 0 Å². The summed E-state index contributed by atoms with van der Waals surface area (Å²) in [5.74, 6) is -0.0580. The fourth-order valence-electron chi connectivity index (χ4n) is 1.96. The molecule has 2 rings (SSSR count). The molecule has 1 aromatic carbocycles. The second kappa shape index (κ2) is 6.14. The number of hydrogen-bond acceptors (Lipinski definition) is 4. The molecule has 0 fully saturated rings. The van der Waals surface area contributed by atoms with E-state index in [1.54, 1.807) is 11.0 Å². The van der Waals surface area contributed by atoms with Crippen LogP contribution in [-0.4, -0.2) is 27.0 Å². The molecule has 104 valence electrons. The SMILES string of the molecule is CC(C)N(Cc1cccc(N)c1)C(=O)c1ccnnc1. The summed E-state index contributed by atoms with van der Waals surface area (Å²) in [5, 5.41) is 7.44. The van der Waals surface area contributed by atoms with Gasteiger partial charge in [0.05, 0.1) is 18.0 Å². The number of carbonyl (C=O) groups is 1. The van der Waals surface area contributed by atoms with Crippen molar-refractivity contribution < 1.29 is 4.79 Å². The van der Waals surface area contributed by atoms with E-state index in [9.17, 15) is 4.79 Å². The van der Waals surface area contributed by atoms with Gasteiger partial charge in [0.2, 0.25) is 0 Å². The van der Waals surface area contributed by atoms with Crippen molar-refractivity contribution in [1.29, 1.82) is 0 Å². The quantitative estimate of drug-likeness (QED) is 0.864. The number of nitrogen functional groups attached to an aromatic ring is 1. The Morgan fingerprint density at radius 1 is 1.30 bits per heavy atom. The maximum absolute atomic E-state index is 12.5. The third kappa shape index (κ3) is 3.32. The zero-order chi connectivity index (χ0) is 14.5. The van der Waals surface area contributed by atoms with Crippen molar-refractivity contribution in [3.8, 4) is 0 Å². The Morgan fingerprint density at radius 2 is 2.10 bits per heavy atom. The van der Waals surface area contributed by atoms with Crippen LogP contribution in [0.3, 0.4) is 0 Å². The van der Waals surface area contributed by atoms with Gasteiger partial charge in [0, 0.05) is 18.3 Å². The molecule has 2 aromatic rings. The van der Waals surface area contributed by atoms with Gasteiger partial charge in [-0.05, 0) is 37.6 Å². The predicted molar refractivity (Wildman–Crippen MR) is 77.9 cm³/mol. The maximum atomic E-state index is 12.5. The number of aromatic nitrogens is 2. The molecule has 20 heavy (non-hydrogen) atoms. The monoisotopic (exact) mass is 270 g/mol. The zero-order valence-electron chi connectivity index (χ0n) is 11.7. The van der Waals surface area contributed by atoms with Crippen LogP contribution in [0.5, 0.6) is 0 Å².